The molecule has 35 heavy (non-hydrogen) atoms. The largest absolute Gasteiger partial charge is 0.479 e. The van der Waals surface area contributed by atoms with E-state index in [0.29, 0.717) is 10.6 Å². The van der Waals surface area contributed by atoms with E-state index in [2.05, 4.69) is 5.16 Å². The lowest BCUT2D eigenvalue weighted by Crippen LogP contribution is -2.41. The van der Waals surface area contributed by atoms with Crippen molar-refractivity contribution in [3.63, 3.8) is 0 Å². The van der Waals surface area contributed by atoms with Gasteiger partial charge in [0.05, 0.1) is 16.8 Å². The quantitative estimate of drug-likeness (QED) is 0.197. The molecule has 0 saturated heterocycles. The van der Waals surface area contributed by atoms with Gasteiger partial charge in [0.2, 0.25) is 5.67 Å². The van der Waals surface area contributed by atoms with Gasteiger partial charge in [0, 0.05) is 24.4 Å². The molecule has 9 heteroatoms. The molecule has 1 unspecified atom stereocenters. The summed E-state index contributed by atoms with van der Waals surface area (Å²) < 4.78 is 15.6. The van der Waals surface area contributed by atoms with Crippen LogP contribution in [0.4, 0.5) is 4.39 Å². The average molecular weight is 495 g/mol. The third-order valence-corrected chi connectivity index (χ3v) is 6.21. The number of aliphatic carboxylic acids is 1. The van der Waals surface area contributed by atoms with Crippen LogP contribution in [0.3, 0.4) is 0 Å². The van der Waals surface area contributed by atoms with E-state index in [0.717, 1.165) is 16.0 Å². The van der Waals surface area contributed by atoms with E-state index in [1.165, 1.54) is 12.1 Å². The van der Waals surface area contributed by atoms with E-state index in [1.54, 1.807) is 48.5 Å². The highest BCUT2D eigenvalue weighted by molar-refractivity contribution is 6.30. The number of amides is 2. The summed E-state index contributed by atoms with van der Waals surface area (Å²) in [6.07, 6.45) is -1.43. The highest BCUT2D eigenvalue weighted by atomic mass is 35.5. The highest BCUT2D eigenvalue weighted by Gasteiger charge is 2.43. The smallest absolute Gasteiger partial charge is 0.341 e. The van der Waals surface area contributed by atoms with Crippen molar-refractivity contribution in [2.75, 3.05) is 6.54 Å². The van der Waals surface area contributed by atoms with Gasteiger partial charge in [-0.25, -0.2) is 9.18 Å². The Labute approximate surface area is 205 Å². The third-order valence-electron chi connectivity index (χ3n) is 5.96. The van der Waals surface area contributed by atoms with E-state index in [1.807, 2.05) is 12.1 Å². The summed E-state index contributed by atoms with van der Waals surface area (Å²) in [6, 6.07) is 19.9. The van der Waals surface area contributed by atoms with Crippen LogP contribution in [0.2, 0.25) is 5.02 Å². The van der Waals surface area contributed by atoms with Crippen molar-refractivity contribution < 1.29 is 29.1 Å². The zero-order valence-electron chi connectivity index (χ0n) is 18.3. The summed E-state index contributed by atoms with van der Waals surface area (Å²) in [5, 5.41) is 22.8. The van der Waals surface area contributed by atoms with Crippen molar-refractivity contribution in [1.29, 1.82) is 0 Å². The molecule has 3 aromatic rings. The maximum absolute atomic E-state index is 15.6. The Morgan fingerprint density at radius 1 is 0.914 bits per heavy atom. The second-order valence-corrected chi connectivity index (χ2v) is 8.57. The monoisotopic (exact) mass is 494 g/mol. The molecule has 1 heterocycles. The Balaban J connectivity index is 1.49. The van der Waals surface area contributed by atoms with Crippen molar-refractivity contribution in [2.45, 2.75) is 18.5 Å². The number of alkyl halides is 1. The van der Waals surface area contributed by atoms with Crippen LogP contribution in [-0.4, -0.2) is 50.9 Å². The first kappa shape index (κ1) is 24.1. The summed E-state index contributed by atoms with van der Waals surface area (Å²) in [6.45, 7) is -0.441. The van der Waals surface area contributed by atoms with Crippen molar-refractivity contribution in [3.8, 4) is 11.1 Å². The van der Waals surface area contributed by atoms with E-state index in [4.69, 9.17) is 11.6 Å². The van der Waals surface area contributed by atoms with Crippen molar-refractivity contribution in [2.24, 2.45) is 5.16 Å². The Hall–Kier alpha value is -4.04. The van der Waals surface area contributed by atoms with Gasteiger partial charge in [-0.15, -0.1) is 0 Å². The number of imide groups is 1. The number of nitrogens with zero attached hydrogens (tertiary/aromatic N) is 2. The molecule has 1 aliphatic heterocycles. The van der Waals surface area contributed by atoms with Gasteiger partial charge in [-0.2, -0.15) is 0 Å². The molecular formula is C26H20ClFN2O5. The molecule has 0 aromatic heterocycles. The maximum atomic E-state index is 15.6. The van der Waals surface area contributed by atoms with Crippen LogP contribution in [0.15, 0.2) is 78.0 Å². The minimum Gasteiger partial charge on any atom is -0.479 e. The summed E-state index contributed by atoms with van der Waals surface area (Å²) in [4.78, 5) is 37.7. The fraction of sp³-hybridized carbons (Fsp3) is 0.154. The number of hydrogen-bond donors (Lipinski definition) is 2. The lowest BCUT2D eigenvalue weighted by molar-refractivity contribution is -0.151. The van der Waals surface area contributed by atoms with Crippen LogP contribution < -0.4 is 0 Å². The average Bonchev–Trinajstić information content (AvgIpc) is 3.11. The molecule has 0 spiro atoms. The third kappa shape index (κ3) is 4.79. The van der Waals surface area contributed by atoms with Crippen LogP contribution in [0.25, 0.3) is 11.1 Å². The van der Waals surface area contributed by atoms with E-state index in [-0.39, 0.29) is 16.8 Å². The van der Waals surface area contributed by atoms with Crippen LogP contribution in [0.5, 0.6) is 0 Å². The van der Waals surface area contributed by atoms with Crippen LogP contribution in [0.1, 0.15) is 39.1 Å². The van der Waals surface area contributed by atoms with Crippen LogP contribution in [0, 0.1) is 0 Å². The van der Waals surface area contributed by atoms with E-state index in [9.17, 15) is 24.7 Å². The molecule has 0 bridgehead atoms. The molecule has 2 N–H and O–H groups in total. The first-order chi connectivity index (χ1) is 16.7. The van der Waals surface area contributed by atoms with Gasteiger partial charge in [-0.3, -0.25) is 14.5 Å². The number of carbonyl (C=O) groups is 3. The van der Waals surface area contributed by atoms with Crippen LogP contribution >= 0.6 is 11.6 Å². The molecule has 1 aliphatic rings. The molecule has 0 saturated carbocycles. The minimum atomic E-state index is -2.88. The Morgan fingerprint density at radius 3 is 1.91 bits per heavy atom. The molecule has 0 aliphatic carbocycles. The summed E-state index contributed by atoms with van der Waals surface area (Å²) in [5.41, 5.74) is -0.639. The number of oxime groups is 1. The molecule has 0 radical (unpaired) electrons. The van der Waals surface area contributed by atoms with Gasteiger partial charge in [0.15, 0.2) is 0 Å². The zero-order chi connectivity index (χ0) is 25.2. The number of carboxylic acid groups (broad SMARTS) is 1. The normalized spacial score (nSPS) is 15.1. The van der Waals surface area contributed by atoms with Gasteiger partial charge in [0.1, 0.15) is 0 Å². The molecular weight excluding hydrogens is 475 g/mol. The summed E-state index contributed by atoms with van der Waals surface area (Å²) in [7, 11) is 0. The number of carbonyl (C=O) groups excluding carboxylic acids is 2. The first-order valence-electron chi connectivity index (χ1n) is 10.7. The van der Waals surface area contributed by atoms with Gasteiger partial charge >= 0.3 is 5.97 Å². The SMILES string of the molecule is O=C1c2ccccc2C(=O)N1CCC(F)(CC(=NO)c1ccc(-c2ccc(Cl)cc2)cc1)C(=O)O. The molecule has 3 aromatic carbocycles. The number of halogens is 2. The van der Waals surface area contributed by atoms with Gasteiger partial charge in [-0.05, 0) is 41.0 Å². The van der Waals surface area contributed by atoms with Crippen LogP contribution in [-0.2, 0) is 4.79 Å². The number of carboxylic acids is 1. The van der Waals surface area contributed by atoms with Crippen molar-refractivity contribution >= 4 is 35.1 Å². The molecule has 7 nitrogen and oxygen atoms in total. The first-order valence-corrected chi connectivity index (χ1v) is 11.1. The Morgan fingerprint density at radius 2 is 1.43 bits per heavy atom. The topological polar surface area (TPSA) is 107 Å². The lowest BCUT2D eigenvalue weighted by Gasteiger charge is -2.23. The summed E-state index contributed by atoms with van der Waals surface area (Å²) in [5.74, 6) is -2.99. The number of benzene rings is 3. The standard InChI is InChI=1S/C26H20ClFN2O5/c27-19-11-9-17(10-12-19)16-5-7-18(8-6-16)22(29-35)15-26(28,25(33)34)13-14-30-23(31)20-3-1-2-4-21(20)24(30)32/h1-12,35H,13-15H2,(H,33,34). The lowest BCUT2D eigenvalue weighted by atomic mass is 9.91. The molecule has 2 amide bonds. The zero-order valence-corrected chi connectivity index (χ0v) is 19.1. The fourth-order valence-corrected chi connectivity index (χ4v) is 4.09. The summed E-state index contributed by atoms with van der Waals surface area (Å²) >= 11 is 5.91. The van der Waals surface area contributed by atoms with Crippen molar-refractivity contribution in [1.82, 2.24) is 4.90 Å². The molecule has 178 valence electrons. The van der Waals surface area contributed by atoms with E-state index < -0.39 is 42.8 Å². The minimum absolute atomic E-state index is 0.181. The molecule has 0 fully saturated rings. The fourth-order valence-electron chi connectivity index (χ4n) is 3.96. The second kappa shape index (κ2) is 9.68. The molecule has 4 rings (SSSR count). The van der Waals surface area contributed by atoms with Gasteiger partial charge in [0.25, 0.3) is 11.8 Å². The number of rotatable bonds is 8. The van der Waals surface area contributed by atoms with Gasteiger partial charge < -0.3 is 10.3 Å². The highest BCUT2D eigenvalue weighted by Crippen LogP contribution is 2.29. The predicted molar refractivity (Wildman–Crippen MR) is 128 cm³/mol. The van der Waals surface area contributed by atoms with E-state index >= 15 is 4.39 Å². The number of hydrogen-bond acceptors (Lipinski definition) is 5. The molecule has 1 atom stereocenters. The van der Waals surface area contributed by atoms with Crippen molar-refractivity contribution in [3.05, 3.63) is 94.5 Å². The predicted octanol–water partition coefficient (Wildman–Crippen LogP) is 5.05. The Bertz CT molecular complexity index is 1290. The Kier molecular flexibility index (Phi) is 6.66. The second-order valence-electron chi connectivity index (χ2n) is 8.14. The maximum Gasteiger partial charge on any atom is 0.341 e. The number of fused-ring (bicyclic) bond motifs is 1. The van der Waals surface area contributed by atoms with Gasteiger partial charge in [-0.1, -0.05) is 65.3 Å².